The van der Waals surface area contributed by atoms with Crippen molar-refractivity contribution in [3.8, 4) is 0 Å². The molecule has 0 saturated heterocycles. The highest BCUT2D eigenvalue weighted by atomic mass is 16.4. The quantitative estimate of drug-likeness (QED) is 0.692. The second kappa shape index (κ2) is 5.39. The van der Waals surface area contributed by atoms with Gasteiger partial charge in [0.25, 0.3) is 0 Å². The largest absolute Gasteiger partial charge is 0.479 e. The average molecular weight is 252 g/mol. The molecule has 98 valence electrons. The first-order valence-electron chi connectivity index (χ1n) is 5.34. The normalized spacial score (nSPS) is 13.4. The third kappa shape index (κ3) is 3.13. The number of rotatable bonds is 5. The van der Waals surface area contributed by atoms with Gasteiger partial charge in [0.1, 0.15) is 5.76 Å². The van der Waals surface area contributed by atoms with Crippen LogP contribution in [0.3, 0.4) is 0 Å². The third-order valence-electron chi connectivity index (χ3n) is 2.36. The molecule has 1 unspecified atom stereocenters. The summed E-state index contributed by atoms with van der Waals surface area (Å²) in [5, 5.41) is 14.1. The van der Waals surface area contributed by atoms with E-state index in [1.165, 1.54) is 19.3 Å². The fraction of sp³-hybridized carbons (Fsp3) is 0.333. The molecule has 1 atom stereocenters. The highest BCUT2D eigenvalue weighted by molar-refractivity contribution is 5.86. The van der Waals surface area contributed by atoms with Gasteiger partial charge in [-0.3, -0.25) is 0 Å². The number of furan rings is 1. The molecule has 6 heteroatoms. The van der Waals surface area contributed by atoms with Crippen molar-refractivity contribution in [3.05, 3.63) is 36.3 Å². The molecule has 1 heterocycles. The highest BCUT2D eigenvalue weighted by Gasteiger charge is 2.39. The molecule has 0 fully saturated rings. The number of carbonyl (C=O) groups is 2. The number of carboxylic acid groups (broad SMARTS) is 1. The van der Waals surface area contributed by atoms with Crippen LogP contribution in [0, 0.1) is 0 Å². The number of hydrogen-bond donors (Lipinski definition) is 3. The van der Waals surface area contributed by atoms with E-state index >= 15 is 0 Å². The van der Waals surface area contributed by atoms with Crippen molar-refractivity contribution < 1.29 is 19.1 Å². The molecule has 6 nitrogen and oxygen atoms in total. The molecule has 0 radical (unpaired) electrons. The van der Waals surface area contributed by atoms with Gasteiger partial charge in [0.2, 0.25) is 0 Å². The molecule has 0 spiro atoms. The number of nitrogens with one attached hydrogen (secondary N) is 2. The van der Waals surface area contributed by atoms with Crippen LogP contribution >= 0.6 is 0 Å². The second-order valence-corrected chi connectivity index (χ2v) is 4.17. The van der Waals surface area contributed by atoms with Crippen molar-refractivity contribution in [3.63, 3.8) is 0 Å². The monoisotopic (exact) mass is 252 g/mol. The van der Waals surface area contributed by atoms with Gasteiger partial charge in [0.05, 0.1) is 6.26 Å². The Morgan fingerprint density at radius 3 is 2.67 bits per heavy atom. The molecule has 0 saturated carbocycles. The van der Waals surface area contributed by atoms with E-state index in [0.717, 1.165) is 5.57 Å². The van der Waals surface area contributed by atoms with E-state index in [2.05, 4.69) is 17.2 Å². The van der Waals surface area contributed by atoms with Gasteiger partial charge < -0.3 is 20.2 Å². The molecule has 0 bridgehead atoms. The molecule has 2 amide bonds. The maximum Gasteiger partial charge on any atom is 0.337 e. The molecular weight excluding hydrogens is 236 g/mol. The molecule has 0 aliphatic heterocycles. The molecule has 0 aliphatic carbocycles. The van der Waals surface area contributed by atoms with Crippen molar-refractivity contribution in [1.82, 2.24) is 10.6 Å². The molecular formula is C12H16N2O4. The van der Waals surface area contributed by atoms with Gasteiger partial charge in [-0.25, -0.2) is 9.59 Å². The van der Waals surface area contributed by atoms with Gasteiger partial charge in [-0.2, -0.15) is 0 Å². The van der Waals surface area contributed by atoms with Crippen LogP contribution in [0.4, 0.5) is 4.79 Å². The van der Waals surface area contributed by atoms with Crippen LogP contribution < -0.4 is 10.6 Å². The Morgan fingerprint density at radius 2 is 2.22 bits per heavy atom. The first kappa shape index (κ1) is 13.8. The Balaban J connectivity index is 2.79. The lowest BCUT2D eigenvalue weighted by Crippen LogP contribution is -2.52. The first-order valence-corrected chi connectivity index (χ1v) is 5.34. The van der Waals surface area contributed by atoms with E-state index in [1.807, 2.05) is 0 Å². The van der Waals surface area contributed by atoms with E-state index in [0.29, 0.717) is 0 Å². The topological polar surface area (TPSA) is 91.6 Å². The van der Waals surface area contributed by atoms with E-state index in [-0.39, 0.29) is 12.3 Å². The van der Waals surface area contributed by atoms with Gasteiger partial charge in [0, 0.05) is 6.54 Å². The molecule has 0 aliphatic rings. The van der Waals surface area contributed by atoms with E-state index in [4.69, 9.17) is 4.42 Å². The number of carbonyl (C=O) groups excluding carboxylic acids is 1. The van der Waals surface area contributed by atoms with Crippen molar-refractivity contribution >= 4 is 12.0 Å². The van der Waals surface area contributed by atoms with Crippen LogP contribution in [-0.4, -0.2) is 23.7 Å². The van der Waals surface area contributed by atoms with Crippen LogP contribution in [-0.2, 0) is 10.3 Å². The second-order valence-electron chi connectivity index (χ2n) is 4.17. The van der Waals surface area contributed by atoms with Crippen molar-refractivity contribution in [2.24, 2.45) is 0 Å². The minimum absolute atomic E-state index is 0.153. The predicted octanol–water partition coefficient (Wildman–Crippen LogP) is 1.45. The summed E-state index contributed by atoms with van der Waals surface area (Å²) >= 11 is 0. The SMILES string of the molecule is C=C(C)CNC(=O)NC(C)(C(=O)O)c1ccco1. The number of aliphatic carboxylic acids is 1. The summed E-state index contributed by atoms with van der Waals surface area (Å²) in [4.78, 5) is 22.9. The van der Waals surface area contributed by atoms with E-state index in [1.54, 1.807) is 13.0 Å². The van der Waals surface area contributed by atoms with Crippen molar-refractivity contribution in [2.45, 2.75) is 19.4 Å². The van der Waals surface area contributed by atoms with Crippen molar-refractivity contribution in [2.75, 3.05) is 6.54 Å². The summed E-state index contributed by atoms with van der Waals surface area (Å²) in [7, 11) is 0. The first-order chi connectivity index (χ1) is 8.36. The lowest BCUT2D eigenvalue weighted by molar-refractivity contribution is -0.144. The number of hydrogen-bond acceptors (Lipinski definition) is 3. The summed E-state index contributed by atoms with van der Waals surface area (Å²) in [6, 6.07) is 2.45. The summed E-state index contributed by atoms with van der Waals surface area (Å²) in [6.45, 7) is 7.02. The Kier molecular flexibility index (Phi) is 4.14. The third-order valence-corrected chi connectivity index (χ3v) is 2.36. The molecule has 1 aromatic heterocycles. The zero-order chi connectivity index (χ0) is 13.8. The number of carboxylic acids is 1. The highest BCUT2D eigenvalue weighted by Crippen LogP contribution is 2.21. The molecule has 1 rings (SSSR count). The van der Waals surface area contributed by atoms with Gasteiger partial charge in [-0.15, -0.1) is 0 Å². The van der Waals surface area contributed by atoms with Gasteiger partial charge in [0.15, 0.2) is 5.54 Å². The Labute approximate surface area is 105 Å². The number of amides is 2. The number of urea groups is 1. The van der Waals surface area contributed by atoms with Gasteiger partial charge >= 0.3 is 12.0 Å². The Morgan fingerprint density at radius 1 is 1.56 bits per heavy atom. The summed E-state index contributed by atoms with van der Waals surface area (Å²) in [6.07, 6.45) is 1.35. The average Bonchev–Trinajstić information content (AvgIpc) is 2.79. The zero-order valence-corrected chi connectivity index (χ0v) is 10.3. The fourth-order valence-electron chi connectivity index (χ4n) is 1.29. The molecule has 0 aromatic carbocycles. The fourth-order valence-corrected chi connectivity index (χ4v) is 1.29. The van der Waals surface area contributed by atoms with E-state index in [9.17, 15) is 14.7 Å². The molecule has 3 N–H and O–H groups in total. The maximum absolute atomic E-state index is 11.6. The summed E-state index contributed by atoms with van der Waals surface area (Å²) in [5.41, 5.74) is -0.844. The van der Waals surface area contributed by atoms with Crippen LogP contribution in [0.2, 0.25) is 0 Å². The Hall–Kier alpha value is -2.24. The smallest absolute Gasteiger partial charge is 0.337 e. The zero-order valence-electron chi connectivity index (χ0n) is 10.3. The van der Waals surface area contributed by atoms with Gasteiger partial charge in [-0.1, -0.05) is 12.2 Å². The minimum Gasteiger partial charge on any atom is -0.479 e. The standard InChI is InChI=1S/C12H16N2O4/c1-8(2)7-13-11(17)14-12(3,10(15)16)9-5-4-6-18-9/h4-6H,1,7H2,2-3H3,(H,15,16)(H2,13,14,17). The van der Waals surface area contributed by atoms with Gasteiger partial charge in [-0.05, 0) is 26.0 Å². The lowest BCUT2D eigenvalue weighted by atomic mass is 9.99. The van der Waals surface area contributed by atoms with Crippen molar-refractivity contribution in [1.29, 1.82) is 0 Å². The maximum atomic E-state index is 11.6. The van der Waals surface area contributed by atoms with E-state index < -0.39 is 17.5 Å². The summed E-state index contributed by atoms with van der Waals surface area (Å²) in [5.74, 6) is -1.05. The minimum atomic E-state index is -1.61. The van der Waals surface area contributed by atoms with Crippen LogP contribution in [0.1, 0.15) is 19.6 Å². The molecule has 18 heavy (non-hydrogen) atoms. The molecule has 1 aromatic rings. The van der Waals surface area contributed by atoms with Crippen LogP contribution in [0.15, 0.2) is 35.0 Å². The Bertz CT molecular complexity index is 453. The van der Waals surface area contributed by atoms with Crippen LogP contribution in [0.5, 0.6) is 0 Å². The predicted molar refractivity (Wildman–Crippen MR) is 65.0 cm³/mol. The lowest BCUT2D eigenvalue weighted by Gasteiger charge is -2.24. The summed E-state index contributed by atoms with van der Waals surface area (Å²) < 4.78 is 5.05. The van der Waals surface area contributed by atoms with Crippen LogP contribution in [0.25, 0.3) is 0 Å².